The van der Waals surface area contributed by atoms with Crippen molar-refractivity contribution in [1.29, 1.82) is 0 Å². The molecule has 4 rings (SSSR count). The number of aryl methyl sites for hydroxylation is 1. The zero-order chi connectivity index (χ0) is 19.6. The molecule has 0 radical (unpaired) electrons. The highest BCUT2D eigenvalue weighted by Crippen LogP contribution is 2.57. The molecule has 1 aliphatic carbocycles. The number of carbonyl (C=O) groups excluding carboxylic acids is 1. The summed E-state index contributed by atoms with van der Waals surface area (Å²) >= 11 is 0. The summed E-state index contributed by atoms with van der Waals surface area (Å²) in [6.45, 7) is 0. The van der Waals surface area contributed by atoms with Crippen LogP contribution in [-0.4, -0.2) is 24.2 Å². The Morgan fingerprint density at radius 3 is 1.93 bits per heavy atom. The predicted octanol–water partition coefficient (Wildman–Crippen LogP) is 3.45. The first-order valence-electron chi connectivity index (χ1n) is 9.53. The van der Waals surface area contributed by atoms with Gasteiger partial charge in [0.05, 0.1) is 13.0 Å². The molecule has 1 aliphatic rings. The van der Waals surface area contributed by atoms with Gasteiger partial charge in [-0.25, -0.2) is 0 Å². The molecule has 0 bridgehead atoms. The van der Waals surface area contributed by atoms with Crippen molar-refractivity contribution in [3.05, 3.63) is 96.1 Å². The quantitative estimate of drug-likeness (QED) is 0.490. The fourth-order valence-electron chi connectivity index (χ4n) is 4.38. The van der Waals surface area contributed by atoms with E-state index in [1.54, 1.807) is 0 Å². The molecule has 0 heterocycles. The Morgan fingerprint density at radius 1 is 0.862 bits per heavy atom. The topological polar surface area (TPSA) is 74.9 Å². The Balaban J connectivity index is 0.00000240. The Labute approximate surface area is 171 Å². The van der Waals surface area contributed by atoms with E-state index in [4.69, 9.17) is 4.74 Å². The fraction of sp³-hybridized carbons (Fsp3) is 0.208. The molecule has 2 N–H and O–H groups in total. The lowest BCUT2D eigenvalue weighted by atomic mass is 9.82. The van der Waals surface area contributed by atoms with Gasteiger partial charge >= 0.3 is 5.97 Å². The summed E-state index contributed by atoms with van der Waals surface area (Å²) in [4.78, 5) is 12.9. The van der Waals surface area contributed by atoms with E-state index in [0.717, 1.165) is 28.2 Å². The van der Waals surface area contributed by atoms with Crippen molar-refractivity contribution in [2.45, 2.75) is 24.4 Å². The molecule has 0 saturated carbocycles. The molecule has 3 aromatic carbocycles. The highest BCUT2D eigenvalue weighted by atomic mass is 31.2. The zero-order valence-corrected chi connectivity index (χ0v) is 17.2. The van der Waals surface area contributed by atoms with Crippen LogP contribution in [-0.2, 0) is 20.5 Å². The molecule has 150 valence electrons. The van der Waals surface area contributed by atoms with Crippen LogP contribution >= 0.6 is 7.14 Å². The molecule has 0 aliphatic heterocycles. The van der Waals surface area contributed by atoms with Gasteiger partial charge in [-0.05, 0) is 24.0 Å². The zero-order valence-electron chi connectivity index (χ0n) is 16.3. The lowest BCUT2D eigenvalue weighted by molar-refractivity contribution is -0.142. The summed E-state index contributed by atoms with van der Waals surface area (Å²) in [7, 11) is -1.67. The second-order valence-electron chi connectivity index (χ2n) is 7.13. The molecular formula is C24H25O4P. The minimum Gasteiger partial charge on any atom is -0.469 e. The number of benzene rings is 3. The summed E-state index contributed by atoms with van der Waals surface area (Å²) in [6.07, 6.45) is 1.48. The Hall–Kier alpha value is -2.68. The van der Waals surface area contributed by atoms with Gasteiger partial charge in [0.1, 0.15) is 7.14 Å². The van der Waals surface area contributed by atoms with Crippen LogP contribution in [0.3, 0.4) is 0 Å². The van der Waals surface area contributed by atoms with E-state index in [0.29, 0.717) is 6.42 Å². The van der Waals surface area contributed by atoms with Crippen molar-refractivity contribution in [3.63, 3.8) is 0 Å². The maximum absolute atomic E-state index is 14.8. The molecular weight excluding hydrogens is 383 g/mol. The maximum atomic E-state index is 14.8. The minimum atomic E-state index is -3.08. The van der Waals surface area contributed by atoms with Gasteiger partial charge in [-0.2, -0.15) is 0 Å². The molecule has 2 atom stereocenters. The number of hydrogen-bond acceptors (Lipinski definition) is 3. The normalized spacial score (nSPS) is 18.2. The fourth-order valence-corrected chi connectivity index (χ4v) is 7.87. The van der Waals surface area contributed by atoms with Gasteiger partial charge in [0.25, 0.3) is 0 Å². The van der Waals surface area contributed by atoms with E-state index < -0.39 is 13.1 Å². The summed E-state index contributed by atoms with van der Waals surface area (Å²) in [6, 6.07) is 27.1. The third-order valence-electron chi connectivity index (χ3n) is 5.69. The van der Waals surface area contributed by atoms with Gasteiger partial charge in [-0.3, -0.25) is 4.79 Å². The van der Waals surface area contributed by atoms with Crippen LogP contribution in [0.2, 0.25) is 0 Å². The van der Waals surface area contributed by atoms with E-state index in [1.165, 1.54) is 7.11 Å². The van der Waals surface area contributed by atoms with Gasteiger partial charge < -0.3 is 14.8 Å². The van der Waals surface area contributed by atoms with Crippen molar-refractivity contribution < 1.29 is 19.6 Å². The summed E-state index contributed by atoms with van der Waals surface area (Å²) < 4.78 is 20.0. The Morgan fingerprint density at radius 2 is 1.38 bits per heavy atom. The van der Waals surface area contributed by atoms with Crippen LogP contribution in [0, 0.1) is 0 Å². The predicted molar refractivity (Wildman–Crippen MR) is 117 cm³/mol. The molecule has 5 heteroatoms. The highest BCUT2D eigenvalue weighted by molar-refractivity contribution is 7.79. The molecule has 3 aromatic rings. The monoisotopic (exact) mass is 408 g/mol. The van der Waals surface area contributed by atoms with E-state index in [-0.39, 0.29) is 17.1 Å². The maximum Gasteiger partial charge on any atom is 0.313 e. The summed E-state index contributed by atoms with van der Waals surface area (Å²) in [5.74, 6) is -0.856. The largest absolute Gasteiger partial charge is 0.469 e. The number of hydrogen-bond donors (Lipinski definition) is 0. The Kier molecular flexibility index (Phi) is 6.36. The van der Waals surface area contributed by atoms with E-state index in [9.17, 15) is 9.36 Å². The van der Waals surface area contributed by atoms with Crippen molar-refractivity contribution in [3.8, 4) is 0 Å². The van der Waals surface area contributed by atoms with Gasteiger partial charge in [0.2, 0.25) is 0 Å². The van der Waals surface area contributed by atoms with Crippen molar-refractivity contribution >= 4 is 23.7 Å². The minimum absolute atomic E-state index is 0. The van der Waals surface area contributed by atoms with Crippen LogP contribution in [0.4, 0.5) is 0 Å². The first kappa shape index (κ1) is 21.0. The van der Waals surface area contributed by atoms with E-state index >= 15 is 0 Å². The first-order valence-corrected chi connectivity index (χ1v) is 11.3. The number of carbonyl (C=O) groups is 1. The number of rotatable bonds is 4. The second kappa shape index (κ2) is 8.77. The molecule has 0 fully saturated rings. The van der Waals surface area contributed by atoms with Crippen LogP contribution < -0.4 is 10.6 Å². The van der Waals surface area contributed by atoms with E-state index in [2.05, 4.69) is 6.07 Å². The molecule has 0 saturated heterocycles. The van der Waals surface area contributed by atoms with Crippen molar-refractivity contribution in [2.24, 2.45) is 0 Å². The van der Waals surface area contributed by atoms with Gasteiger partial charge in [-0.1, -0.05) is 84.9 Å². The lowest BCUT2D eigenvalue weighted by Crippen LogP contribution is -2.37. The average molecular weight is 408 g/mol. The SMILES string of the molecule is COC(=O)[C@H]1c2ccccc2CC[C@@H]1P(=O)(c1ccccc1)c1ccccc1.O. The van der Waals surface area contributed by atoms with Crippen LogP contribution in [0.15, 0.2) is 84.9 Å². The van der Waals surface area contributed by atoms with Gasteiger partial charge in [-0.15, -0.1) is 0 Å². The van der Waals surface area contributed by atoms with Crippen molar-refractivity contribution in [1.82, 2.24) is 0 Å². The molecule has 0 unspecified atom stereocenters. The number of fused-ring (bicyclic) bond motifs is 1. The van der Waals surface area contributed by atoms with Crippen LogP contribution in [0.5, 0.6) is 0 Å². The molecule has 0 amide bonds. The highest BCUT2D eigenvalue weighted by Gasteiger charge is 2.47. The summed E-state index contributed by atoms with van der Waals surface area (Å²) in [5.41, 5.74) is 1.75. The number of methoxy groups -OCH3 is 1. The lowest BCUT2D eigenvalue weighted by Gasteiger charge is -2.37. The van der Waals surface area contributed by atoms with Gasteiger partial charge in [0, 0.05) is 16.3 Å². The Bertz CT molecular complexity index is 974. The van der Waals surface area contributed by atoms with Crippen LogP contribution in [0.1, 0.15) is 23.5 Å². The number of esters is 1. The smallest absolute Gasteiger partial charge is 0.313 e. The molecule has 0 aromatic heterocycles. The average Bonchev–Trinajstić information content (AvgIpc) is 2.78. The van der Waals surface area contributed by atoms with Crippen LogP contribution in [0.25, 0.3) is 0 Å². The van der Waals surface area contributed by atoms with Crippen molar-refractivity contribution in [2.75, 3.05) is 7.11 Å². The second-order valence-corrected chi connectivity index (χ2v) is 10.1. The standard InChI is InChI=1S/C24H23O3P.H2O/c1-27-24(25)23-21-15-9-8-10-18(21)16-17-22(23)28(26,19-11-4-2-5-12-19)20-13-6-3-7-14-20;/h2-15,22-23H,16-17H2,1H3;1H2/t22-,23-;/m0./s1. The first-order chi connectivity index (χ1) is 13.7. The number of ether oxygens (including phenoxy) is 1. The van der Waals surface area contributed by atoms with E-state index in [1.807, 2.05) is 78.9 Å². The third kappa shape index (κ3) is 3.66. The third-order valence-corrected chi connectivity index (χ3v) is 9.31. The molecule has 0 spiro atoms. The summed E-state index contributed by atoms with van der Waals surface area (Å²) in [5, 5.41) is 1.58. The van der Waals surface area contributed by atoms with Gasteiger partial charge in [0.15, 0.2) is 0 Å². The molecule has 29 heavy (non-hydrogen) atoms. The molecule has 4 nitrogen and oxygen atoms in total.